The quantitative estimate of drug-likeness (QED) is 0.410. The molecule has 1 saturated heterocycles. The molecule has 7 heteroatoms. The number of hydrogen-bond acceptors (Lipinski definition) is 6. The summed E-state index contributed by atoms with van der Waals surface area (Å²) in [5.41, 5.74) is 1.28. The number of carbonyl (C=O) groups excluding carboxylic acids is 2. The molecule has 1 aromatic carbocycles. The summed E-state index contributed by atoms with van der Waals surface area (Å²) in [6.45, 7) is 6.85. The van der Waals surface area contributed by atoms with Crippen LogP contribution in [0.4, 0.5) is 0 Å². The normalized spacial score (nSPS) is 18.3. The van der Waals surface area contributed by atoms with E-state index >= 15 is 0 Å². The van der Waals surface area contributed by atoms with Crippen molar-refractivity contribution in [1.29, 1.82) is 0 Å². The Balaban J connectivity index is 2.05. The summed E-state index contributed by atoms with van der Waals surface area (Å²) in [7, 11) is 1.56. The molecular weight excluding hydrogens is 382 g/mol. The van der Waals surface area contributed by atoms with Gasteiger partial charge in [-0.25, -0.2) is 0 Å². The van der Waals surface area contributed by atoms with Gasteiger partial charge in [-0.1, -0.05) is 13.8 Å². The van der Waals surface area contributed by atoms with E-state index in [1.807, 2.05) is 0 Å². The zero-order chi connectivity index (χ0) is 21.7. The van der Waals surface area contributed by atoms with Crippen LogP contribution in [0.3, 0.4) is 0 Å². The van der Waals surface area contributed by atoms with E-state index in [1.165, 1.54) is 0 Å². The van der Waals surface area contributed by atoms with Crippen LogP contribution < -0.4 is 4.74 Å². The van der Waals surface area contributed by atoms with Crippen LogP contribution in [-0.2, 0) is 9.59 Å². The Labute approximate surface area is 176 Å². The van der Waals surface area contributed by atoms with Crippen LogP contribution in [0.5, 0.6) is 5.75 Å². The Morgan fingerprint density at radius 1 is 1.10 bits per heavy atom. The van der Waals surface area contributed by atoms with Crippen molar-refractivity contribution in [3.63, 3.8) is 0 Å². The zero-order valence-corrected chi connectivity index (χ0v) is 17.5. The van der Waals surface area contributed by atoms with Crippen LogP contribution in [-0.4, -0.2) is 64.9 Å². The molecule has 0 radical (unpaired) electrons. The van der Waals surface area contributed by atoms with Gasteiger partial charge in [0.15, 0.2) is 0 Å². The highest BCUT2D eigenvalue weighted by Crippen LogP contribution is 2.39. The first-order chi connectivity index (χ1) is 14.5. The Hall–Kier alpha value is -3.19. The van der Waals surface area contributed by atoms with Crippen molar-refractivity contribution in [3.8, 4) is 5.75 Å². The molecule has 30 heavy (non-hydrogen) atoms. The highest BCUT2D eigenvalue weighted by atomic mass is 16.5. The van der Waals surface area contributed by atoms with Crippen molar-refractivity contribution in [2.45, 2.75) is 19.9 Å². The van der Waals surface area contributed by atoms with E-state index in [1.54, 1.807) is 60.8 Å². The fourth-order valence-electron chi connectivity index (χ4n) is 3.70. The summed E-state index contributed by atoms with van der Waals surface area (Å²) in [6.07, 6.45) is 3.24. The Morgan fingerprint density at radius 3 is 2.30 bits per heavy atom. The van der Waals surface area contributed by atoms with Gasteiger partial charge >= 0.3 is 0 Å². The second kappa shape index (κ2) is 9.54. The molecule has 1 aromatic heterocycles. The molecule has 0 saturated carbocycles. The van der Waals surface area contributed by atoms with Crippen molar-refractivity contribution in [1.82, 2.24) is 14.8 Å². The number of amides is 1. The van der Waals surface area contributed by atoms with E-state index in [0.29, 0.717) is 24.4 Å². The number of aromatic nitrogens is 1. The van der Waals surface area contributed by atoms with Crippen molar-refractivity contribution >= 4 is 17.4 Å². The largest absolute Gasteiger partial charge is 0.507 e. The van der Waals surface area contributed by atoms with Crippen LogP contribution in [0.1, 0.15) is 31.0 Å². The maximum atomic E-state index is 13.0. The second-order valence-electron chi connectivity index (χ2n) is 7.03. The molecule has 1 aliphatic rings. The van der Waals surface area contributed by atoms with Gasteiger partial charge in [0.1, 0.15) is 11.5 Å². The molecule has 1 fully saturated rings. The molecule has 2 heterocycles. The smallest absolute Gasteiger partial charge is 0.295 e. The van der Waals surface area contributed by atoms with Gasteiger partial charge in [-0.05, 0) is 55.1 Å². The number of carbonyl (C=O) groups is 2. The standard InChI is InChI=1S/C23H27N3O4/c1-4-25(5-2)14-15-26-20(16-10-12-24-13-11-16)19(22(28)23(26)29)21(27)17-6-8-18(30-3)9-7-17/h6-13,20,27H,4-5,14-15H2,1-3H3/t20-/m0/s1. The first kappa shape index (κ1) is 21.5. The molecule has 2 aromatic rings. The van der Waals surface area contributed by atoms with Gasteiger partial charge in [0.05, 0.1) is 18.7 Å². The minimum atomic E-state index is -0.676. The van der Waals surface area contributed by atoms with Crippen molar-refractivity contribution in [2.75, 3.05) is 33.3 Å². The van der Waals surface area contributed by atoms with Crippen molar-refractivity contribution in [3.05, 3.63) is 65.5 Å². The number of likely N-dealkylation sites (N-methyl/N-ethyl adjacent to an activating group) is 1. The zero-order valence-electron chi connectivity index (χ0n) is 17.5. The van der Waals surface area contributed by atoms with Gasteiger partial charge in [0.25, 0.3) is 11.7 Å². The lowest BCUT2D eigenvalue weighted by Gasteiger charge is -2.28. The molecule has 0 spiro atoms. The van der Waals surface area contributed by atoms with Gasteiger partial charge in [0.2, 0.25) is 0 Å². The van der Waals surface area contributed by atoms with Gasteiger partial charge in [-0.2, -0.15) is 0 Å². The summed E-state index contributed by atoms with van der Waals surface area (Å²) in [5, 5.41) is 11.0. The SMILES string of the molecule is CCN(CC)CCN1C(=O)C(=O)C(=C(O)c2ccc(OC)cc2)[C@@H]1c1ccncc1. The topological polar surface area (TPSA) is 83.0 Å². The van der Waals surface area contributed by atoms with Crippen molar-refractivity contribution < 1.29 is 19.4 Å². The number of benzene rings is 1. The third-order valence-electron chi connectivity index (χ3n) is 5.48. The number of hydrogen-bond donors (Lipinski definition) is 1. The van der Waals surface area contributed by atoms with Crippen molar-refractivity contribution in [2.24, 2.45) is 0 Å². The number of ether oxygens (including phenoxy) is 1. The van der Waals surface area contributed by atoms with Gasteiger partial charge in [0, 0.05) is 31.0 Å². The Bertz CT molecular complexity index is 921. The van der Waals surface area contributed by atoms with Gasteiger partial charge < -0.3 is 19.6 Å². The van der Waals surface area contributed by atoms with E-state index in [9.17, 15) is 14.7 Å². The van der Waals surface area contributed by atoms with Crippen LogP contribution >= 0.6 is 0 Å². The summed E-state index contributed by atoms with van der Waals surface area (Å²) >= 11 is 0. The molecule has 7 nitrogen and oxygen atoms in total. The fourth-order valence-corrected chi connectivity index (χ4v) is 3.70. The summed E-state index contributed by atoms with van der Waals surface area (Å²) in [5.74, 6) is -0.830. The number of rotatable bonds is 8. The molecule has 0 unspecified atom stereocenters. The van der Waals surface area contributed by atoms with E-state index in [4.69, 9.17) is 4.74 Å². The van der Waals surface area contributed by atoms with Gasteiger partial charge in [-0.15, -0.1) is 0 Å². The Morgan fingerprint density at radius 2 is 1.73 bits per heavy atom. The number of pyridine rings is 1. The number of methoxy groups -OCH3 is 1. The minimum Gasteiger partial charge on any atom is -0.507 e. The molecule has 1 aliphatic heterocycles. The molecule has 158 valence electrons. The van der Waals surface area contributed by atoms with E-state index in [-0.39, 0.29) is 11.3 Å². The lowest BCUT2D eigenvalue weighted by Crippen LogP contribution is -2.38. The van der Waals surface area contributed by atoms with Gasteiger partial charge in [-0.3, -0.25) is 14.6 Å². The minimum absolute atomic E-state index is 0.0934. The molecule has 3 rings (SSSR count). The maximum absolute atomic E-state index is 13.0. The number of aliphatic hydroxyl groups excluding tert-OH is 1. The molecule has 1 atom stereocenters. The van der Waals surface area contributed by atoms with E-state index in [2.05, 4.69) is 23.7 Å². The van der Waals surface area contributed by atoms with E-state index < -0.39 is 17.7 Å². The number of nitrogens with zero attached hydrogens (tertiary/aromatic N) is 3. The molecule has 1 amide bonds. The third-order valence-corrected chi connectivity index (χ3v) is 5.48. The predicted octanol–water partition coefficient (Wildman–Crippen LogP) is 2.85. The Kier molecular flexibility index (Phi) is 6.84. The summed E-state index contributed by atoms with van der Waals surface area (Å²) in [6, 6.07) is 9.61. The first-order valence-corrected chi connectivity index (χ1v) is 10.1. The third kappa shape index (κ3) is 4.21. The molecule has 0 bridgehead atoms. The highest BCUT2D eigenvalue weighted by molar-refractivity contribution is 6.46. The monoisotopic (exact) mass is 409 g/mol. The van der Waals surface area contributed by atoms with Crippen LogP contribution in [0.15, 0.2) is 54.4 Å². The maximum Gasteiger partial charge on any atom is 0.295 e. The summed E-state index contributed by atoms with van der Waals surface area (Å²) in [4.78, 5) is 33.6. The van der Waals surface area contributed by atoms with Crippen LogP contribution in [0, 0.1) is 0 Å². The average Bonchev–Trinajstić information content (AvgIpc) is 3.05. The molecule has 0 aliphatic carbocycles. The van der Waals surface area contributed by atoms with Crippen LogP contribution in [0.2, 0.25) is 0 Å². The molecular formula is C23H27N3O4. The number of likely N-dealkylation sites (tertiary alicyclic amines) is 1. The first-order valence-electron chi connectivity index (χ1n) is 10.1. The fraction of sp³-hybridized carbons (Fsp3) is 0.348. The average molecular weight is 409 g/mol. The summed E-state index contributed by atoms with van der Waals surface area (Å²) < 4.78 is 5.16. The predicted molar refractivity (Wildman–Crippen MR) is 114 cm³/mol. The number of Topliss-reactive ketones (excluding diaryl/α,β-unsaturated/α-hetero) is 1. The molecule has 1 N–H and O–H groups in total. The second-order valence-corrected chi connectivity index (χ2v) is 7.03. The lowest BCUT2D eigenvalue weighted by molar-refractivity contribution is -0.140. The lowest BCUT2D eigenvalue weighted by atomic mass is 9.96. The highest BCUT2D eigenvalue weighted by Gasteiger charge is 2.45. The van der Waals surface area contributed by atoms with Crippen LogP contribution in [0.25, 0.3) is 5.76 Å². The number of ketones is 1. The van der Waals surface area contributed by atoms with E-state index in [0.717, 1.165) is 18.7 Å². The number of aliphatic hydroxyl groups is 1.